The minimum atomic E-state index is -0.337. The van der Waals surface area contributed by atoms with Crippen LogP contribution in [0.3, 0.4) is 0 Å². The van der Waals surface area contributed by atoms with Crippen LogP contribution in [-0.2, 0) is 14.2 Å². The normalized spacial score (nSPS) is 28.2. The van der Waals surface area contributed by atoms with E-state index in [2.05, 4.69) is 13.2 Å². The van der Waals surface area contributed by atoms with Crippen LogP contribution in [0, 0.1) is 0 Å². The zero-order chi connectivity index (χ0) is 13.0. The van der Waals surface area contributed by atoms with Crippen LogP contribution in [0.1, 0.15) is 39.0 Å². The smallest absolute Gasteiger partial charge is 0.169 e. The molecule has 1 aliphatic heterocycles. The van der Waals surface area contributed by atoms with Gasteiger partial charge in [0.2, 0.25) is 0 Å². The van der Waals surface area contributed by atoms with Gasteiger partial charge in [-0.05, 0) is 19.8 Å². The minimum Gasteiger partial charge on any atom is -0.367 e. The SMILES string of the molecule is C=C[C@@H](OCC(=C)C)[C@H]1COC2(CCCCC2)O1. The van der Waals surface area contributed by atoms with Crippen LogP contribution in [0.15, 0.2) is 24.8 Å². The molecule has 2 aliphatic rings. The van der Waals surface area contributed by atoms with Crippen LogP contribution in [0.4, 0.5) is 0 Å². The summed E-state index contributed by atoms with van der Waals surface area (Å²) in [4.78, 5) is 0. The van der Waals surface area contributed by atoms with Gasteiger partial charge in [0.1, 0.15) is 12.2 Å². The molecule has 2 rings (SSSR count). The summed E-state index contributed by atoms with van der Waals surface area (Å²) in [5, 5.41) is 0. The molecule has 1 heterocycles. The van der Waals surface area contributed by atoms with Crippen molar-refractivity contribution in [2.75, 3.05) is 13.2 Å². The first-order valence-electron chi connectivity index (χ1n) is 6.85. The molecular weight excluding hydrogens is 228 g/mol. The van der Waals surface area contributed by atoms with Crippen molar-refractivity contribution < 1.29 is 14.2 Å². The first-order chi connectivity index (χ1) is 8.65. The van der Waals surface area contributed by atoms with Crippen LogP contribution in [0.2, 0.25) is 0 Å². The summed E-state index contributed by atoms with van der Waals surface area (Å²) in [5.41, 5.74) is 1.01. The van der Waals surface area contributed by atoms with Gasteiger partial charge in [-0.2, -0.15) is 0 Å². The summed E-state index contributed by atoms with van der Waals surface area (Å²) in [6.07, 6.45) is 7.36. The Morgan fingerprint density at radius 1 is 1.44 bits per heavy atom. The molecule has 0 unspecified atom stereocenters. The Labute approximate surface area is 110 Å². The Hall–Kier alpha value is -0.640. The summed E-state index contributed by atoms with van der Waals surface area (Å²) in [7, 11) is 0. The molecule has 3 heteroatoms. The van der Waals surface area contributed by atoms with Crippen molar-refractivity contribution in [3.05, 3.63) is 24.8 Å². The Morgan fingerprint density at radius 2 is 2.17 bits per heavy atom. The maximum Gasteiger partial charge on any atom is 0.169 e. The molecular formula is C15H24O3. The van der Waals surface area contributed by atoms with Crippen LogP contribution in [0.25, 0.3) is 0 Å². The van der Waals surface area contributed by atoms with Crippen molar-refractivity contribution >= 4 is 0 Å². The first-order valence-corrected chi connectivity index (χ1v) is 6.85. The molecule has 102 valence electrons. The molecule has 0 aromatic heterocycles. The zero-order valence-electron chi connectivity index (χ0n) is 11.3. The zero-order valence-corrected chi connectivity index (χ0v) is 11.3. The Balaban J connectivity index is 1.89. The van der Waals surface area contributed by atoms with Gasteiger partial charge in [0.05, 0.1) is 13.2 Å². The van der Waals surface area contributed by atoms with E-state index >= 15 is 0 Å². The monoisotopic (exact) mass is 252 g/mol. The number of hydrogen-bond donors (Lipinski definition) is 0. The van der Waals surface area contributed by atoms with Crippen LogP contribution < -0.4 is 0 Å². The topological polar surface area (TPSA) is 27.7 Å². The molecule has 1 saturated heterocycles. The van der Waals surface area contributed by atoms with Gasteiger partial charge in [0.15, 0.2) is 5.79 Å². The van der Waals surface area contributed by atoms with Crippen molar-refractivity contribution in [1.29, 1.82) is 0 Å². The highest BCUT2D eigenvalue weighted by Gasteiger charge is 2.44. The molecule has 0 radical (unpaired) electrons. The molecule has 0 amide bonds. The summed E-state index contributed by atoms with van der Waals surface area (Å²) in [6.45, 7) is 10.8. The molecule has 0 aromatic carbocycles. The van der Waals surface area contributed by atoms with E-state index in [1.807, 2.05) is 6.92 Å². The van der Waals surface area contributed by atoms with Crippen molar-refractivity contribution in [2.24, 2.45) is 0 Å². The lowest BCUT2D eigenvalue weighted by atomic mass is 9.94. The number of ether oxygens (including phenoxy) is 3. The van der Waals surface area contributed by atoms with E-state index < -0.39 is 0 Å². The predicted molar refractivity (Wildman–Crippen MR) is 71.4 cm³/mol. The fourth-order valence-corrected chi connectivity index (χ4v) is 2.66. The van der Waals surface area contributed by atoms with E-state index in [9.17, 15) is 0 Å². The molecule has 0 aromatic rings. The second-order valence-corrected chi connectivity index (χ2v) is 5.41. The highest BCUT2D eigenvalue weighted by Crippen LogP contribution is 2.38. The van der Waals surface area contributed by atoms with Gasteiger partial charge in [0.25, 0.3) is 0 Å². The lowest BCUT2D eigenvalue weighted by Gasteiger charge is -2.32. The molecule has 1 spiro atoms. The van der Waals surface area contributed by atoms with Crippen molar-refractivity contribution in [1.82, 2.24) is 0 Å². The maximum absolute atomic E-state index is 6.13. The molecule has 2 atom stereocenters. The predicted octanol–water partition coefficient (Wildman–Crippen LogP) is 3.21. The Kier molecular flexibility index (Phi) is 4.60. The molecule has 0 N–H and O–H groups in total. The molecule has 1 aliphatic carbocycles. The van der Waals surface area contributed by atoms with Gasteiger partial charge in [-0.1, -0.05) is 24.6 Å². The second kappa shape index (κ2) is 6.00. The lowest BCUT2D eigenvalue weighted by Crippen LogP contribution is -2.36. The van der Waals surface area contributed by atoms with E-state index in [1.54, 1.807) is 6.08 Å². The van der Waals surface area contributed by atoms with Gasteiger partial charge in [-0.15, -0.1) is 6.58 Å². The van der Waals surface area contributed by atoms with Gasteiger partial charge in [-0.3, -0.25) is 0 Å². The highest BCUT2D eigenvalue weighted by molar-refractivity contribution is 4.95. The number of hydrogen-bond acceptors (Lipinski definition) is 3. The molecule has 3 nitrogen and oxygen atoms in total. The minimum absolute atomic E-state index is 0.0278. The van der Waals surface area contributed by atoms with E-state index in [0.29, 0.717) is 13.2 Å². The third kappa shape index (κ3) is 3.22. The summed E-state index contributed by atoms with van der Waals surface area (Å²) in [6, 6.07) is 0. The Bertz CT molecular complexity index is 305. The molecule has 1 saturated carbocycles. The molecule has 18 heavy (non-hydrogen) atoms. The van der Waals surface area contributed by atoms with Gasteiger partial charge < -0.3 is 14.2 Å². The molecule has 2 fully saturated rings. The van der Waals surface area contributed by atoms with Crippen molar-refractivity contribution in [2.45, 2.75) is 57.0 Å². The van der Waals surface area contributed by atoms with Crippen LogP contribution >= 0.6 is 0 Å². The third-order valence-electron chi connectivity index (χ3n) is 3.61. The van der Waals surface area contributed by atoms with E-state index in [0.717, 1.165) is 18.4 Å². The fourth-order valence-electron chi connectivity index (χ4n) is 2.66. The number of rotatable bonds is 5. The van der Waals surface area contributed by atoms with Gasteiger partial charge in [-0.25, -0.2) is 0 Å². The largest absolute Gasteiger partial charge is 0.367 e. The quantitative estimate of drug-likeness (QED) is 0.703. The third-order valence-corrected chi connectivity index (χ3v) is 3.61. The summed E-state index contributed by atoms with van der Waals surface area (Å²) in [5.74, 6) is -0.337. The highest BCUT2D eigenvalue weighted by atomic mass is 16.8. The first kappa shape index (κ1) is 13.8. The fraction of sp³-hybridized carbons (Fsp3) is 0.733. The molecule has 0 bridgehead atoms. The standard InChI is InChI=1S/C15H24O3/c1-4-13(16-10-12(2)3)14-11-17-15(18-14)8-6-5-7-9-15/h4,13-14H,1-2,5-11H2,3H3/t13-,14-/m1/s1. The average molecular weight is 252 g/mol. The second-order valence-electron chi connectivity index (χ2n) is 5.41. The maximum atomic E-state index is 6.13. The van der Waals surface area contributed by atoms with Gasteiger partial charge in [0, 0.05) is 12.8 Å². The lowest BCUT2D eigenvalue weighted by molar-refractivity contribution is -0.195. The van der Waals surface area contributed by atoms with Crippen LogP contribution in [-0.4, -0.2) is 31.2 Å². The average Bonchev–Trinajstić information content (AvgIpc) is 2.74. The van der Waals surface area contributed by atoms with E-state index in [-0.39, 0.29) is 18.0 Å². The summed E-state index contributed by atoms with van der Waals surface area (Å²) >= 11 is 0. The van der Waals surface area contributed by atoms with Crippen molar-refractivity contribution in [3.63, 3.8) is 0 Å². The Morgan fingerprint density at radius 3 is 2.78 bits per heavy atom. The van der Waals surface area contributed by atoms with Crippen LogP contribution in [0.5, 0.6) is 0 Å². The van der Waals surface area contributed by atoms with E-state index in [4.69, 9.17) is 14.2 Å². The van der Waals surface area contributed by atoms with Gasteiger partial charge >= 0.3 is 0 Å². The van der Waals surface area contributed by atoms with Crippen molar-refractivity contribution in [3.8, 4) is 0 Å². The summed E-state index contributed by atoms with van der Waals surface area (Å²) < 4.78 is 17.8. The van der Waals surface area contributed by atoms with E-state index in [1.165, 1.54) is 19.3 Å².